The van der Waals surface area contributed by atoms with Gasteiger partial charge in [0.15, 0.2) is 0 Å². The molecule has 0 saturated heterocycles. The number of nitrogens with zero attached hydrogens (tertiary/aromatic N) is 3. The number of carbonyl (C=O) groups is 1. The van der Waals surface area contributed by atoms with Crippen LogP contribution < -0.4 is 10.4 Å². The van der Waals surface area contributed by atoms with Crippen LogP contribution in [0.25, 0.3) is 16.8 Å². The normalized spacial score (nSPS) is 12.0. The average molecular weight is 694 g/mol. The van der Waals surface area contributed by atoms with E-state index in [-0.39, 0.29) is 32.7 Å². The van der Waals surface area contributed by atoms with Crippen LogP contribution in [-0.4, -0.2) is 28.7 Å². The van der Waals surface area contributed by atoms with E-state index in [1.807, 2.05) is 11.6 Å². The van der Waals surface area contributed by atoms with E-state index in [1.165, 1.54) is 34.9 Å². The van der Waals surface area contributed by atoms with E-state index >= 15 is 0 Å². The Labute approximate surface area is 271 Å². The SMILES string of the molecule is CCCCc1nn(-c2ccccc2C(F)(F)F)c(=O)n1Cc1ccc(-c2ccccc2S(=O)(=O)NC(=O)c2occ(Cl)c2Cl)cc1. The number of rotatable bonds is 10. The molecule has 2 aromatic heterocycles. The number of halogens is 5. The number of nitrogens with one attached hydrogen (secondary N) is 1. The van der Waals surface area contributed by atoms with Crippen molar-refractivity contribution in [3.05, 3.63) is 122 Å². The summed E-state index contributed by atoms with van der Waals surface area (Å²) in [5.41, 5.74) is -0.703. The van der Waals surface area contributed by atoms with Crippen molar-refractivity contribution in [2.24, 2.45) is 0 Å². The first-order valence-corrected chi connectivity index (χ1v) is 16.1. The Balaban J connectivity index is 1.45. The van der Waals surface area contributed by atoms with Crippen LogP contribution in [0.15, 0.2) is 93.2 Å². The van der Waals surface area contributed by atoms with Gasteiger partial charge in [-0.15, -0.1) is 5.10 Å². The first kappa shape index (κ1) is 33.0. The Morgan fingerprint density at radius 1 is 1.00 bits per heavy atom. The van der Waals surface area contributed by atoms with Crippen molar-refractivity contribution in [3.63, 3.8) is 0 Å². The quantitative estimate of drug-likeness (QED) is 0.167. The van der Waals surface area contributed by atoms with Gasteiger partial charge in [-0.1, -0.05) is 91.1 Å². The zero-order valence-electron chi connectivity index (χ0n) is 24.0. The third kappa shape index (κ3) is 6.76. The maximum absolute atomic E-state index is 13.7. The number of hydrogen-bond acceptors (Lipinski definition) is 6. The van der Waals surface area contributed by atoms with Crippen LogP contribution in [0.5, 0.6) is 0 Å². The fraction of sp³-hybridized carbons (Fsp3) is 0.194. The van der Waals surface area contributed by atoms with Gasteiger partial charge in [-0.3, -0.25) is 9.36 Å². The summed E-state index contributed by atoms with van der Waals surface area (Å²) >= 11 is 11.7. The lowest BCUT2D eigenvalue weighted by molar-refractivity contribution is -0.137. The molecule has 0 spiro atoms. The maximum atomic E-state index is 13.7. The van der Waals surface area contributed by atoms with E-state index in [0.717, 1.165) is 23.4 Å². The van der Waals surface area contributed by atoms with Crippen molar-refractivity contribution < 1.29 is 30.8 Å². The summed E-state index contributed by atoms with van der Waals surface area (Å²) < 4.78 is 76.7. The van der Waals surface area contributed by atoms with Crippen LogP contribution in [0.1, 0.15) is 47.3 Å². The van der Waals surface area contributed by atoms with Crippen molar-refractivity contribution in [3.8, 4) is 16.8 Å². The Hall–Kier alpha value is -4.33. The molecule has 0 aliphatic carbocycles. The Morgan fingerprint density at radius 2 is 1.67 bits per heavy atom. The van der Waals surface area contributed by atoms with E-state index < -0.39 is 39.1 Å². The Bertz CT molecular complexity index is 2070. The van der Waals surface area contributed by atoms with Crippen molar-refractivity contribution in [2.45, 2.75) is 43.8 Å². The largest absolute Gasteiger partial charge is 0.456 e. The van der Waals surface area contributed by atoms with Crippen molar-refractivity contribution in [2.75, 3.05) is 0 Å². The van der Waals surface area contributed by atoms with Gasteiger partial charge < -0.3 is 4.42 Å². The highest BCUT2D eigenvalue weighted by molar-refractivity contribution is 7.90. The van der Waals surface area contributed by atoms with E-state index in [2.05, 4.69) is 5.10 Å². The van der Waals surface area contributed by atoms with Crippen LogP contribution in [-0.2, 0) is 29.2 Å². The highest BCUT2D eigenvalue weighted by Crippen LogP contribution is 2.33. The van der Waals surface area contributed by atoms with Gasteiger partial charge in [0.05, 0.1) is 27.7 Å². The summed E-state index contributed by atoms with van der Waals surface area (Å²) in [6.07, 6.45) is -1.87. The zero-order chi connectivity index (χ0) is 33.2. The molecule has 15 heteroatoms. The molecule has 9 nitrogen and oxygen atoms in total. The van der Waals surface area contributed by atoms with Gasteiger partial charge in [0.1, 0.15) is 17.1 Å². The zero-order valence-corrected chi connectivity index (χ0v) is 26.3. The Morgan fingerprint density at radius 3 is 2.33 bits per heavy atom. The molecule has 240 valence electrons. The smallest absolute Gasteiger partial charge is 0.418 e. The van der Waals surface area contributed by atoms with Gasteiger partial charge in [0.2, 0.25) is 5.76 Å². The number of alkyl halides is 3. The molecule has 46 heavy (non-hydrogen) atoms. The molecule has 0 aliphatic rings. The van der Waals surface area contributed by atoms with Crippen molar-refractivity contribution in [1.82, 2.24) is 19.1 Å². The maximum Gasteiger partial charge on any atom is 0.418 e. The summed E-state index contributed by atoms with van der Waals surface area (Å²) in [6.45, 7) is 1.96. The Kier molecular flexibility index (Phi) is 9.47. The van der Waals surface area contributed by atoms with Crippen LogP contribution in [0.4, 0.5) is 13.2 Å². The summed E-state index contributed by atoms with van der Waals surface area (Å²) in [4.78, 5) is 25.9. The average Bonchev–Trinajstić information content (AvgIpc) is 3.53. The van der Waals surface area contributed by atoms with Crippen molar-refractivity contribution >= 4 is 39.1 Å². The molecular weight excluding hydrogens is 668 g/mol. The second kappa shape index (κ2) is 13.2. The molecule has 5 rings (SSSR count). The first-order chi connectivity index (χ1) is 21.8. The minimum atomic E-state index is -4.69. The number of aryl methyl sites for hydroxylation is 1. The minimum Gasteiger partial charge on any atom is -0.456 e. The van der Waals surface area contributed by atoms with E-state index in [0.29, 0.717) is 29.8 Å². The van der Waals surface area contributed by atoms with Crippen LogP contribution in [0.3, 0.4) is 0 Å². The van der Waals surface area contributed by atoms with Crippen LogP contribution in [0, 0.1) is 0 Å². The fourth-order valence-corrected chi connectivity index (χ4v) is 6.27. The van der Waals surface area contributed by atoms with Crippen LogP contribution in [0.2, 0.25) is 10.0 Å². The molecule has 0 radical (unpaired) electrons. The highest BCUT2D eigenvalue weighted by atomic mass is 35.5. The number of unbranched alkanes of at least 4 members (excludes halogenated alkanes) is 1. The molecule has 1 amide bonds. The highest BCUT2D eigenvalue weighted by Gasteiger charge is 2.35. The number of benzene rings is 3. The number of hydrogen-bond donors (Lipinski definition) is 1. The molecule has 0 aliphatic heterocycles. The number of amides is 1. The number of carbonyl (C=O) groups excluding carboxylic acids is 1. The molecule has 0 fully saturated rings. The third-order valence-corrected chi connectivity index (χ3v) is 9.17. The number of furan rings is 1. The standard InChI is InChI=1S/C31H25Cl2F3N4O5S/c1-2-3-12-26-37-40(24-10-6-5-9-22(24)31(34,35)36)30(42)39(26)17-19-13-15-20(16-14-19)21-8-4-7-11-25(21)46(43,44)38-29(41)28-27(33)23(32)18-45-28/h4-11,13-16,18H,2-3,12,17H2,1H3,(H,38,41). The second-order valence-corrected chi connectivity index (χ2v) is 12.6. The number of aromatic nitrogens is 3. The molecule has 0 unspecified atom stereocenters. The van der Waals surface area contributed by atoms with Gasteiger partial charge in [-0.25, -0.2) is 17.9 Å². The van der Waals surface area contributed by atoms with E-state index in [1.54, 1.807) is 36.4 Å². The summed E-state index contributed by atoms with van der Waals surface area (Å²) in [7, 11) is -4.41. The fourth-order valence-electron chi connectivity index (χ4n) is 4.78. The lowest BCUT2D eigenvalue weighted by atomic mass is 10.0. The van der Waals surface area contributed by atoms with Gasteiger partial charge in [0, 0.05) is 12.0 Å². The third-order valence-electron chi connectivity index (χ3n) is 7.04. The summed E-state index contributed by atoms with van der Waals surface area (Å²) in [6, 6.07) is 17.3. The lowest BCUT2D eigenvalue weighted by Gasteiger charge is -2.12. The van der Waals surface area contributed by atoms with E-state index in [4.69, 9.17) is 27.6 Å². The predicted octanol–water partition coefficient (Wildman–Crippen LogP) is 7.13. The van der Waals surface area contributed by atoms with Gasteiger partial charge in [-0.05, 0) is 35.7 Å². The topological polar surface area (TPSA) is 116 Å². The molecule has 3 aromatic carbocycles. The van der Waals surface area contributed by atoms with Gasteiger partial charge in [-0.2, -0.15) is 17.9 Å². The molecule has 1 N–H and O–H groups in total. The predicted molar refractivity (Wildman–Crippen MR) is 166 cm³/mol. The van der Waals surface area contributed by atoms with Crippen molar-refractivity contribution in [1.29, 1.82) is 0 Å². The molecular formula is C31H25Cl2F3N4O5S. The molecule has 0 atom stereocenters. The van der Waals surface area contributed by atoms with Crippen LogP contribution >= 0.6 is 23.2 Å². The minimum absolute atomic E-state index is 0.00874. The molecule has 5 aromatic rings. The molecule has 0 saturated carbocycles. The first-order valence-electron chi connectivity index (χ1n) is 13.8. The van der Waals surface area contributed by atoms with Gasteiger partial charge >= 0.3 is 17.8 Å². The summed E-state index contributed by atoms with van der Waals surface area (Å²) in [5.74, 6) is -1.24. The number of sulfonamides is 1. The van der Waals surface area contributed by atoms with E-state index in [9.17, 15) is 31.2 Å². The number of para-hydroxylation sites is 1. The lowest BCUT2D eigenvalue weighted by Crippen LogP contribution is -2.30. The molecule has 0 bridgehead atoms. The monoisotopic (exact) mass is 692 g/mol. The summed E-state index contributed by atoms with van der Waals surface area (Å²) in [5, 5.41) is 4.00. The van der Waals surface area contributed by atoms with Gasteiger partial charge in [0.25, 0.3) is 10.0 Å². The second-order valence-electron chi connectivity index (χ2n) is 10.2. The molecule has 2 heterocycles.